The van der Waals surface area contributed by atoms with E-state index in [1.807, 2.05) is 24.3 Å². The molecule has 1 saturated heterocycles. The second-order valence-corrected chi connectivity index (χ2v) is 11.8. The zero-order chi connectivity index (χ0) is 24.4. The van der Waals surface area contributed by atoms with Gasteiger partial charge in [0.15, 0.2) is 0 Å². The topological polar surface area (TPSA) is 86.5 Å². The SMILES string of the molecule is COC(=O)C12CC3CC(C1)C(N1CC(COc4ccc(-n5cncn5)cc4)C(C)(C)C1=O)C(C3)C2. The van der Waals surface area contributed by atoms with E-state index in [1.165, 1.54) is 13.4 Å². The van der Waals surface area contributed by atoms with Gasteiger partial charge in [-0.25, -0.2) is 9.67 Å². The summed E-state index contributed by atoms with van der Waals surface area (Å²) in [5.74, 6) is 2.46. The summed E-state index contributed by atoms with van der Waals surface area (Å²) in [6, 6.07) is 8.01. The predicted molar refractivity (Wildman–Crippen MR) is 128 cm³/mol. The first-order valence-electron chi connectivity index (χ1n) is 12.8. The number of aromatic nitrogens is 3. The molecule has 186 valence electrons. The van der Waals surface area contributed by atoms with E-state index in [9.17, 15) is 9.59 Å². The zero-order valence-electron chi connectivity index (χ0n) is 20.7. The van der Waals surface area contributed by atoms with Crippen LogP contribution in [0.2, 0.25) is 0 Å². The van der Waals surface area contributed by atoms with E-state index < -0.39 is 5.41 Å². The van der Waals surface area contributed by atoms with Gasteiger partial charge < -0.3 is 14.4 Å². The average molecular weight is 479 g/mol. The third kappa shape index (κ3) is 3.55. The van der Waals surface area contributed by atoms with Crippen LogP contribution in [0.4, 0.5) is 0 Å². The summed E-state index contributed by atoms with van der Waals surface area (Å²) in [5, 5.41) is 4.15. The van der Waals surface area contributed by atoms with Crippen molar-refractivity contribution in [1.82, 2.24) is 19.7 Å². The van der Waals surface area contributed by atoms with Crippen molar-refractivity contribution in [3.63, 3.8) is 0 Å². The van der Waals surface area contributed by atoms with Gasteiger partial charge in [-0.1, -0.05) is 13.8 Å². The van der Waals surface area contributed by atoms with Crippen LogP contribution in [0.5, 0.6) is 5.75 Å². The number of ether oxygens (including phenoxy) is 2. The van der Waals surface area contributed by atoms with Gasteiger partial charge in [-0.05, 0) is 74.1 Å². The lowest BCUT2D eigenvalue weighted by molar-refractivity contribution is -0.177. The lowest BCUT2D eigenvalue weighted by Crippen LogP contribution is -2.61. The number of hydrogen-bond acceptors (Lipinski definition) is 6. The van der Waals surface area contributed by atoms with E-state index in [0.717, 1.165) is 50.1 Å². The molecule has 2 heterocycles. The van der Waals surface area contributed by atoms with Gasteiger partial charge in [-0.3, -0.25) is 9.59 Å². The van der Waals surface area contributed by atoms with Crippen molar-refractivity contribution < 1.29 is 19.1 Å². The molecule has 1 aliphatic heterocycles. The average Bonchev–Trinajstić information content (AvgIpc) is 3.45. The molecule has 5 aliphatic rings. The number of nitrogens with zero attached hydrogens (tertiary/aromatic N) is 4. The molecule has 0 radical (unpaired) electrons. The smallest absolute Gasteiger partial charge is 0.311 e. The molecule has 2 aromatic rings. The number of hydrogen-bond donors (Lipinski definition) is 0. The van der Waals surface area contributed by atoms with Crippen LogP contribution in [-0.2, 0) is 14.3 Å². The van der Waals surface area contributed by atoms with Gasteiger partial charge in [-0.2, -0.15) is 5.10 Å². The van der Waals surface area contributed by atoms with Crippen molar-refractivity contribution >= 4 is 11.9 Å². The first-order valence-corrected chi connectivity index (χ1v) is 12.8. The number of likely N-dealkylation sites (tertiary alicyclic amines) is 1. The zero-order valence-corrected chi connectivity index (χ0v) is 20.7. The number of methoxy groups -OCH3 is 1. The summed E-state index contributed by atoms with van der Waals surface area (Å²) in [6.07, 6.45) is 8.11. The first kappa shape index (κ1) is 22.6. The van der Waals surface area contributed by atoms with Crippen molar-refractivity contribution in [2.75, 3.05) is 20.3 Å². The van der Waals surface area contributed by atoms with E-state index in [0.29, 0.717) is 24.4 Å². The molecule has 8 heteroatoms. The maximum Gasteiger partial charge on any atom is 0.311 e. The second-order valence-electron chi connectivity index (χ2n) is 11.8. The number of carbonyl (C=O) groups is 2. The molecule has 3 atom stereocenters. The van der Waals surface area contributed by atoms with Gasteiger partial charge in [-0.15, -0.1) is 0 Å². The Labute approximate surface area is 206 Å². The lowest BCUT2D eigenvalue weighted by atomic mass is 9.47. The molecule has 4 saturated carbocycles. The van der Waals surface area contributed by atoms with Crippen molar-refractivity contribution in [2.24, 2.45) is 34.5 Å². The summed E-state index contributed by atoms with van der Waals surface area (Å²) < 4.78 is 13.1. The van der Waals surface area contributed by atoms with Crippen LogP contribution in [0.15, 0.2) is 36.9 Å². The third-order valence-electron chi connectivity index (χ3n) is 9.42. The molecule has 7 rings (SSSR count). The minimum absolute atomic E-state index is 0.0375. The maximum atomic E-state index is 13.7. The molecule has 0 N–H and O–H groups in total. The monoisotopic (exact) mass is 478 g/mol. The fourth-order valence-electron chi connectivity index (χ4n) is 7.82. The lowest BCUT2D eigenvalue weighted by Gasteiger charge is -2.60. The molecule has 0 spiro atoms. The van der Waals surface area contributed by atoms with Gasteiger partial charge >= 0.3 is 5.97 Å². The van der Waals surface area contributed by atoms with E-state index in [-0.39, 0.29) is 29.3 Å². The quantitative estimate of drug-likeness (QED) is 0.591. The second kappa shape index (κ2) is 8.07. The van der Waals surface area contributed by atoms with Crippen molar-refractivity contribution in [3.8, 4) is 11.4 Å². The molecule has 4 bridgehead atoms. The van der Waals surface area contributed by atoms with Crippen LogP contribution >= 0.6 is 0 Å². The normalized spacial score (nSPS) is 34.9. The predicted octanol–water partition coefficient (Wildman–Crippen LogP) is 3.50. The number of rotatable bonds is 6. The highest BCUT2D eigenvalue weighted by molar-refractivity contribution is 5.85. The standard InChI is InChI=1S/C27H34N4O4/c1-26(2)20(14-35-22-6-4-21(5-7-22)31-16-28-15-29-31)13-30(24(26)32)23-18-8-17-9-19(23)12-27(10-17,11-18)25(33)34-3/h4-7,15-20,23H,8-14H2,1-3H3. The van der Waals surface area contributed by atoms with E-state index in [1.54, 1.807) is 11.0 Å². The molecular weight excluding hydrogens is 444 g/mol. The van der Waals surface area contributed by atoms with E-state index in [2.05, 4.69) is 28.8 Å². The Kier molecular flexibility index (Phi) is 5.20. The van der Waals surface area contributed by atoms with Crippen molar-refractivity contribution in [1.29, 1.82) is 0 Å². The van der Waals surface area contributed by atoms with E-state index >= 15 is 0 Å². The Morgan fingerprint density at radius 2 is 1.83 bits per heavy atom. The summed E-state index contributed by atoms with van der Waals surface area (Å²) in [5.41, 5.74) is 0.125. The molecule has 3 unspecified atom stereocenters. The molecule has 8 nitrogen and oxygen atoms in total. The molecule has 1 aromatic heterocycles. The van der Waals surface area contributed by atoms with Gasteiger partial charge in [0.2, 0.25) is 5.91 Å². The number of benzene rings is 1. The number of carbonyl (C=O) groups excluding carboxylic acids is 2. The molecule has 1 amide bonds. The van der Waals surface area contributed by atoms with Crippen LogP contribution < -0.4 is 4.74 Å². The van der Waals surface area contributed by atoms with Crippen LogP contribution in [-0.4, -0.2) is 57.8 Å². The Bertz CT molecular complexity index is 1100. The van der Waals surface area contributed by atoms with Gasteiger partial charge in [0.25, 0.3) is 0 Å². The molecule has 5 fully saturated rings. The van der Waals surface area contributed by atoms with Crippen molar-refractivity contribution in [2.45, 2.75) is 52.0 Å². The highest BCUT2D eigenvalue weighted by Crippen LogP contribution is 2.62. The Hall–Kier alpha value is -2.90. The molecule has 1 aromatic carbocycles. The molecule has 4 aliphatic carbocycles. The number of esters is 1. The summed E-state index contributed by atoms with van der Waals surface area (Å²) >= 11 is 0. The highest BCUT2D eigenvalue weighted by Gasteiger charge is 2.62. The molecule has 35 heavy (non-hydrogen) atoms. The third-order valence-corrected chi connectivity index (χ3v) is 9.42. The van der Waals surface area contributed by atoms with Crippen LogP contribution in [0.3, 0.4) is 0 Å². The minimum Gasteiger partial charge on any atom is -0.493 e. The maximum absolute atomic E-state index is 13.7. The highest BCUT2D eigenvalue weighted by atomic mass is 16.5. The Morgan fingerprint density at radius 1 is 1.11 bits per heavy atom. The van der Waals surface area contributed by atoms with Crippen LogP contribution in [0.1, 0.15) is 46.0 Å². The van der Waals surface area contributed by atoms with Crippen LogP contribution in [0, 0.1) is 34.5 Å². The van der Waals surface area contributed by atoms with E-state index in [4.69, 9.17) is 9.47 Å². The fourth-order valence-corrected chi connectivity index (χ4v) is 7.82. The summed E-state index contributed by atoms with van der Waals surface area (Å²) in [7, 11) is 1.51. The largest absolute Gasteiger partial charge is 0.493 e. The van der Waals surface area contributed by atoms with Gasteiger partial charge in [0.1, 0.15) is 18.4 Å². The number of amides is 1. The molecular formula is C27H34N4O4. The first-order chi connectivity index (χ1) is 16.8. The summed E-state index contributed by atoms with van der Waals surface area (Å²) in [4.78, 5) is 32.5. The van der Waals surface area contributed by atoms with Crippen molar-refractivity contribution in [3.05, 3.63) is 36.9 Å². The fraction of sp³-hybridized carbons (Fsp3) is 0.630. The Morgan fingerprint density at radius 3 is 2.46 bits per heavy atom. The minimum atomic E-state index is -0.477. The summed E-state index contributed by atoms with van der Waals surface area (Å²) in [6.45, 7) is 5.33. The Balaban J connectivity index is 1.15. The van der Waals surface area contributed by atoms with Gasteiger partial charge in [0, 0.05) is 18.5 Å². The van der Waals surface area contributed by atoms with Gasteiger partial charge in [0.05, 0.1) is 30.2 Å². The van der Waals surface area contributed by atoms with Crippen LogP contribution in [0.25, 0.3) is 5.69 Å².